The van der Waals surface area contributed by atoms with Gasteiger partial charge in [0.1, 0.15) is 0 Å². The van der Waals surface area contributed by atoms with E-state index in [1.54, 1.807) is 0 Å². The highest BCUT2D eigenvalue weighted by atomic mass is 16.7. The highest BCUT2D eigenvalue weighted by Gasteiger charge is 2.73. The predicted octanol–water partition coefficient (Wildman–Crippen LogP) is 7.42. The van der Waals surface area contributed by atoms with Crippen LogP contribution in [0.25, 0.3) is 0 Å². The molecule has 5 aliphatic rings. The third kappa shape index (κ3) is 5.09. The molecule has 5 heterocycles. The molecule has 0 bridgehead atoms. The molecule has 0 aromatic heterocycles. The summed E-state index contributed by atoms with van der Waals surface area (Å²) in [5, 5.41) is 0. The van der Waals surface area contributed by atoms with E-state index in [9.17, 15) is 0 Å². The van der Waals surface area contributed by atoms with Crippen molar-refractivity contribution in [2.45, 2.75) is 104 Å². The molecule has 0 amide bonds. The largest absolute Gasteiger partial charge is 0.715 e. The van der Waals surface area contributed by atoms with E-state index in [4.69, 9.17) is 9.47 Å². The highest BCUT2D eigenvalue weighted by molar-refractivity contribution is 5.87. The summed E-state index contributed by atoms with van der Waals surface area (Å²) >= 11 is 0. The van der Waals surface area contributed by atoms with Gasteiger partial charge < -0.3 is 9.47 Å². The van der Waals surface area contributed by atoms with Gasteiger partial charge in [0.25, 0.3) is 11.4 Å². The summed E-state index contributed by atoms with van der Waals surface area (Å²) in [6.07, 6.45) is 6.91. The Kier molecular flexibility index (Phi) is 7.00. The molecule has 256 valence electrons. The van der Waals surface area contributed by atoms with Crippen molar-refractivity contribution in [2.24, 2.45) is 0 Å². The Balaban J connectivity index is 1.33. The summed E-state index contributed by atoms with van der Waals surface area (Å²) in [6.45, 7) is 25.8. The Morgan fingerprint density at radius 1 is 0.694 bits per heavy atom. The second-order valence-corrected chi connectivity index (χ2v) is 17.8. The van der Waals surface area contributed by atoms with Crippen molar-refractivity contribution >= 4 is 29.8 Å². The zero-order chi connectivity index (χ0) is 34.7. The van der Waals surface area contributed by atoms with E-state index < -0.39 is 6.03 Å². The summed E-state index contributed by atoms with van der Waals surface area (Å²) in [5.74, 6) is 3.14. The molecule has 1 fully saturated rings. The van der Waals surface area contributed by atoms with Crippen molar-refractivity contribution in [3.05, 3.63) is 81.9 Å². The summed E-state index contributed by atoms with van der Waals surface area (Å²) in [5.41, 5.74) is 9.15. The maximum Gasteiger partial charge on any atom is 0.715 e. The molecule has 0 radical (unpaired) electrons. The lowest BCUT2D eigenvalue weighted by atomic mass is 9.79. The molecule has 3 aromatic rings. The minimum absolute atomic E-state index is 0.00484. The summed E-state index contributed by atoms with van der Waals surface area (Å²) in [7, 11) is 2.25. The van der Waals surface area contributed by atoms with Gasteiger partial charge in [0.05, 0.1) is 50.9 Å². The SMILES string of the molecule is C[N+]1=C2N(CCCN2Cc2cc(C(C)(C)C)cc3c2OC24Oc5c(cc(C(C)(C)C)cc5C(C)(C)C)C=[N+]2c2ccccc2[N+]4=C3)CCC1. The van der Waals surface area contributed by atoms with Gasteiger partial charge in [0, 0.05) is 36.1 Å². The second kappa shape index (κ2) is 10.7. The maximum absolute atomic E-state index is 7.46. The number of rotatable bonds is 2. The van der Waals surface area contributed by atoms with Crippen LogP contribution in [0.5, 0.6) is 11.5 Å². The van der Waals surface area contributed by atoms with Gasteiger partial charge in [-0.15, -0.1) is 0 Å². The van der Waals surface area contributed by atoms with Gasteiger partial charge in [-0.25, -0.2) is 0 Å². The Morgan fingerprint density at radius 3 is 1.88 bits per heavy atom. The number of hydrogen-bond donors (Lipinski definition) is 0. The number of guanidine groups is 1. The first-order valence-corrected chi connectivity index (χ1v) is 18.2. The van der Waals surface area contributed by atoms with Crippen LogP contribution in [0.4, 0.5) is 11.4 Å². The van der Waals surface area contributed by atoms with Crippen molar-refractivity contribution in [2.75, 3.05) is 33.2 Å². The molecular formula is C42H54N5O2+3. The topological polar surface area (TPSA) is 34.0 Å². The number of para-hydroxylation sites is 2. The van der Waals surface area contributed by atoms with E-state index in [0.29, 0.717) is 0 Å². The van der Waals surface area contributed by atoms with E-state index in [1.807, 2.05) is 0 Å². The minimum atomic E-state index is -1.23. The zero-order valence-electron chi connectivity index (χ0n) is 31.3. The number of fused-ring (bicyclic) bond motifs is 6. The lowest BCUT2D eigenvalue weighted by Crippen LogP contribution is -2.59. The van der Waals surface area contributed by atoms with E-state index in [-0.39, 0.29) is 16.2 Å². The van der Waals surface area contributed by atoms with Gasteiger partial charge in [-0.05, 0) is 54.7 Å². The van der Waals surface area contributed by atoms with Crippen LogP contribution in [0.2, 0.25) is 0 Å². The maximum atomic E-state index is 7.46. The third-order valence-corrected chi connectivity index (χ3v) is 10.9. The van der Waals surface area contributed by atoms with Gasteiger partial charge in [-0.1, -0.05) is 80.5 Å². The molecular weight excluding hydrogens is 606 g/mol. The van der Waals surface area contributed by atoms with Gasteiger partial charge >= 0.3 is 12.0 Å². The fourth-order valence-electron chi connectivity index (χ4n) is 8.19. The van der Waals surface area contributed by atoms with Gasteiger partial charge in [0.15, 0.2) is 23.9 Å². The molecule has 1 spiro atoms. The molecule has 1 unspecified atom stereocenters. The molecule has 0 aliphatic carbocycles. The lowest BCUT2D eigenvalue weighted by Gasteiger charge is -2.37. The van der Waals surface area contributed by atoms with Crippen LogP contribution in [-0.4, -0.2) is 81.2 Å². The normalized spacial score (nSPS) is 21.3. The summed E-state index contributed by atoms with van der Waals surface area (Å²) < 4.78 is 21.7. The van der Waals surface area contributed by atoms with Crippen LogP contribution < -0.4 is 9.47 Å². The molecule has 3 aromatic carbocycles. The molecule has 7 nitrogen and oxygen atoms in total. The molecule has 5 aliphatic heterocycles. The second-order valence-electron chi connectivity index (χ2n) is 17.8. The van der Waals surface area contributed by atoms with E-state index in [1.165, 1.54) is 34.6 Å². The van der Waals surface area contributed by atoms with E-state index >= 15 is 0 Å². The monoisotopic (exact) mass is 660 g/mol. The average Bonchev–Trinajstić information content (AvgIpc) is 3.29. The van der Waals surface area contributed by atoms with Gasteiger partial charge in [-0.3, -0.25) is 14.4 Å². The summed E-state index contributed by atoms with van der Waals surface area (Å²) in [4.78, 5) is 5.15. The first kappa shape index (κ1) is 32.1. The van der Waals surface area contributed by atoms with Crippen molar-refractivity contribution in [1.29, 1.82) is 0 Å². The zero-order valence-corrected chi connectivity index (χ0v) is 31.3. The van der Waals surface area contributed by atoms with Crippen LogP contribution in [0.3, 0.4) is 0 Å². The van der Waals surface area contributed by atoms with Crippen LogP contribution >= 0.6 is 0 Å². The first-order chi connectivity index (χ1) is 23.0. The molecule has 49 heavy (non-hydrogen) atoms. The van der Waals surface area contributed by atoms with Crippen molar-refractivity contribution in [3.63, 3.8) is 0 Å². The Hall–Kier alpha value is -4.13. The van der Waals surface area contributed by atoms with E-state index in [2.05, 4.69) is 154 Å². The van der Waals surface area contributed by atoms with Crippen molar-refractivity contribution < 1.29 is 23.2 Å². The Labute approximate surface area is 292 Å². The minimum Gasteiger partial charge on any atom is -0.339 e. The molecule has 0 N–H and O–H groups in total. The lowest BCUT2D eigenvalue weighted by molar-refractivity contribution is -0.831. The molecule has 0 saturated carbocycles. The van der Waals surface area contributed by atoms with E-state index in [0.717, 1.165) is 73.1 Å². The van der Waals surface area contributed by atoms with Crippen molar-refractivity contribution in [3.8, 4) is 11.5 Å². The highest BCUT2D eigenvalue weighted by Crippen LogP contribution is 2.51. The Morgan fingerprint density at radius 2 is 1.27 bits per heavy atom. The van der Waals surface area contributed by atoms with Crippen LogP contribution in [0.1, 0.15) is 109 Å². The molecule has 7 heteroatoms. The number of nitrogens with zero attached hydrogens (tertiary/aromatic N) is 5. The standard InChI is InChI=1S/C42H54N5O2/c1-39(2,3)31-21-28(25-45-20-14-19-44-18-13-17-43(10)38(44)45)36-29(22-31)26-46-34-15-11-12-16-35(34)47-27-30-23-32(40(4,5)6)24-33(41(7,8)9)37(30)49-42(46,47)48-36/h11-12,15-16,21-24,26-27H,13-14,17-20,25H2,1-10H3/q+3. The first-order valence-electron chi connectivity index (χ1n) is 18.2. The fraction of sp³-hybridized carbons (Fsp3) is 0.500. The molecule has 1 saturated heterocycles. The van der Waals surface area contributed by atoms with Gasteiger partial charge in [-0.2, -0.15) is 0 Å². The van der Waals surface area contributed by atoms with Crippen molar-refractivity contribution in [1.82, 2.24) is 9.80 Å². The number of ether oxygens (including phenoxy) is 2. The number of benzene rings is 3. The summed E-state index contributed by atoms with van der Waals surface area (Å²) in [6, 6.07) is 16.7. The quantitative estimate of drug-likeness (QED) is 0.268. The fourth-order valence-corrected chi connectivity index (χ4v) is 8.19. The smallest absolute Gasteiger partial charge is 0.339 e. The Bertz CT molecular complexity index is 1980. The van der Waals surface area contributed by atoms with Crippen LogP contribution in [0.15, 0.2) is 48.5 Å². The van der Waals surface area contributed by atoms with Gasteiger partial charge in [0.2, 0.25) is 0 Å². The number of hydrogen-bond acceptors (Lipinski definition) is 4. The van der Waals surface area contributed by atoms with Crippen LogP contribution in [0, 0.1) is 0 Å². The van der Waals surface area contributed by atoms with Crippen LogP contribution in [-0.2, 0) is 22.8 Å². The predicted molar refractivity (Wildman–Crippen MR) is 197 cm³/mol. The molecule has 1 atom stereocenters. The third-order valence-electron chi connectivity index (χ3n) is 10.9. The average molecular weight is 661 g/mol. The molecule has 8 rings (SSSR count).